The van der Waals surface area contributed by atoms with Crippen LogP contribution in [0.15, 0.2) is 43.0 Å². The molecule has 1 heterocycles. The lowest BCUT2D eigenvalue weighted by Crippen LogP contribution is -2.48. The Kier molecular flexibility index (Phi) is 6.31. The first-order valence-corrected chi connectivity index (χ1v) is 8.51. The molecule has 0 atom stereocenters. The Labute approximate surface area is 148 Å². The Morgan fingerprint density at radius 3 is 2.58 bits per heavy atom. The Hall–Kier alpha value is -1.95. The lowest BCUT2D eigenvalue weighted by molar-refractivity contribution is 0.366. The molecule has 2 aromatic rings. The van der Waals surface area contributed by atoms with Crippen LogP contribution in [0.1, 0.15) is 32.8 Å². The molecule has 0 saturated carbocycles. The molecule has 0 amide bonds. The van der Waals surface area contributed by atoms with Crippen molar-refractivity contribution in [3.63, 3.8) is 0 Å². The van der Waals surface area contributed by atoms with Crippen molar-refractivity contribution in [1.29, 1.82) is 0 Å². The van der Waals surface area contributed by atoms with E-state index in [0.29, 0.717) is 6.54 Å². The highest BCUT2D eigenvalue weighted by atomic mass is 32.1. The van der Waals surface area contributed by atoms with E-state index in [2.05, 4.69) is 40.5 Å². The molecule has 0 saturated heterocycles. The van der Waals surface area contributed by atoms with Crippen LogP contribution in [0.2, 0.25) is 0 Å². The zero-order chi connectivity index (χ0) is 17.6. The van der Waals surface area contributed by atoms with Gasteiger partial charge in [0.2, 0.25) is 0 Å². The van der Waals surface area contributed by atoms with Crippen LogP contribution in [0.4, 0.5) is 4.39 Å². The second kappa shape index (κ2) is 8.24. The third-order valence-electron chi connectivity index (χ3n) is 3.46. The summed E-state index contributed by atoms with van der Waals surface area (Å²) in [6, 6.07) is 6.58. The summed E-state index contributed by atoms with van der Waals surface area (Å²) < 4.78 is 15.2. The molecule has 0 spiro atoms. The van der Waals surface area contributed by atoms with Crippen LogP contribution in [0.25, 0.3) is 0 Å². The molecule has 1 N–H and O–H groups in total. The fourth-order valence-corrected chi connectivity index (χ4v) is 2.79. The van der Waals surface area contributed by atoms with E-state index in [4.69, 9.17) is 12.2 Å². The average molecular weight is 348 g/mol. The molecular weight excluding hydrogens is 323 g/mol. The van der Waals surface area contributed by atoms with Gasteiger partial charge in [-0.2, -0.15) is 0 Å². The van der Waals surface area contributed by atoms with E-state index in [0.717, 1.165) is 30.2 Å². The molecule has 1 aromatic heterocycles. The molecule has 0 aliphatic carbocycles. The smallest absolute Gasteiger partial charge is 0.169 e. The standard InChI is InChI=1S/C18H25FN4S/c1-18(2,3)21-17(24)23(11-4-10-22-12-9-20-14-22)13-15-5-7-16(19)8-6-15/h5-9,12,14H,4,10-11,13H2,1-3H3,(H,21,24). The number of aromatic nitrogens is 2. The van der Waals surface area contributed by atoms with E-state index < -0.39 is 0 Å². The van der Waals surface area contributed by atoms with Gasteiger partial charge in [-0.3, -0.25) is 0 Å². The third-order valence-corrected chi connectivity index (χ3v) is 3.82. The minimum absolute atomic E-state index is 0.0948. The summed E-state index contributed by atoms with van der Waals surface area (Å²) in [5, 5.41) is 4.08. The summed E-state index contributed by atoms with van der Waals surface area (Å²) in [6.45, 7) is 8.62. The number of nitrogens with zero attached hydrogens (tertiary/aromatic N) is 3. The van der Waals surface area contributed by atoms with Crippen molar-refractivity contribution in [2.75, 3.05) is 6.54 Å². The van der Waals surface area contributed by atoms with Crippen molar-refractivity contribution >= 4 is 17.3 Å². The Morgan fingerprint density at radius 2 is 2.00 bits per heavy atom. The molecular formula is C18H25FN4S. The SMILES string of the molecule is CC(C)(C)NC(=S)N(CCCn1ccnc1)Cc1ccc(F)cc1. The lowest BCUT2D eigenvalue weighted by Gasteiger charge is -2.31. The van der Waals surface area contributed by atoms with Gasteiger partial charge in [-0.05, 0) is 57.1 Å². The summed E-state index contributed by atoms with van der Waals surface area (Å²) >= 11 is 5.58. The Balaban J connectivity index is 1.99. The molecule has 0 unspecified atom stereocenters. The van der Waals surface area contributed by atoms with Crippen molar-refractivity contribution in [1.82, 2.24) is 19.8 Å². The first-order valence-electron chi connectivity index (χ1n) is 8.11. The predicted octanol–water partition coefficient (Wildman–Crippen LogP) is 3.59. The summed E-state index contributed by atoms with van der Waals surface area (Å²) in [4.78, 5) is 6.18. The van der Waals surface area contributed by atoms with Crippen LogP contribution < -0.4 is 5.32 Å². The number of aryl methyl sites for hydroxylation is 1. The quantitative estimate of drug-likeness (QED) is 0.809. The first-order chi connectivity index (χ1) is 11.3. The van der Waals surface area contributed by atoms with Crippen LogP contribution in [0, 0.1) is 5.82 Å². The molecule has 0 radical (unpaired) electrons. The maximum Gasteiger partial charge on any atom is 0.169 e. The van der Waals surface area contributed by atoms with Crippen molar-refractivity contribution in [3.05, 3.63) is 54.4 Å². The highest BCUT2D eigenvalue weighted by Crippen LogP contribution is 2.10. The van der Waals surface area contributed by atoms with Gasteiger partial charge in [0.1, 0.15) is 5.82 Å². The molecule has 2 rings (SSSR count). The molecule has 0 aliphatic rings. The fraction of sp³-hybridized carbons (Fsp3) is 0.444. The Bertz CT molecular complexity index is 632. The predicted molar refractivity (Wildman–Crippen MR) is 99.1 cm³/mol. The summed E-state index contributed by atoms with van der Waals surface area (Å²) in [5.74, 6) is -0.221. The van der Waals surface area contributed by atoms with Gasteiger partial charge in [0.25, 0.3) is 0 Å². The lowest BCUT2D eigenvalue weighted by atomic mass is 10.1. The number of rotatable bonds is 6. The van der Waals surface area contributed by atoms with E-state index in [9.17, 15) is 4.39 Å². The van der Waals surface area contributed by atoms with Crippen LogP contribution in [0.3, 0.4) is 0 Å². The zero-order valence-electron chi connectivity index (χ0n) is 14.5. The highest BCUT2D eigenvalue weighted by molar-refractivity contribution is 7.80. The maximum absolute atomic E-state index is 13.1. The molecule has 1 aromatic carbocycles. The molecule has 6 heteroatoms. The largest absolute Gasteiger partial charge is 0.358 e. The molecule has 24 heavy (non-hydrogen) atoms. The first kappa shape index (κ1) is 18.4. The van der Waals surface area contributed by atoms with Crippen LogP contribution in [0.5, 0.6) is 0 Å². The molecule has 4 nitrogen and oxygen atoms in total. The number of hydrogen-bond acceptors (Lipinski definition) is 2. The van der Waals surface area contributed by atoms with Crippen LogP contribution in [-0.2, 0) is 13.1 Å². The van der Waals surface area contributed by atoms with Gasteiger partial charge >= 0.3 is 0 Å². The summed E-state index contributed by atoms with van der Waals surface area (Å²) in [5.41, 5.74) is 0.944. The van der Waals surface area contributed by atoms with Crippen LogP contribution in [-0.4, -0.2) is 31.6 Å². The van der Waals surface area contributed by atoms with Crippen molar-refractivity contribution < 1.29 is 4.39 Å². The average Bonchev–Trinajstić information content (AvgIpc) is 3.00. The number of hydrogen-bond donors (Lipinski definition) is 1. The Morgan fingerprint density at radius 1 is 1.29 bits per heavy atom. The zero-order valence-corrected chi connectivity index (χ0v) is 15.3. The van der Waals surface area contributed by atoms with E-state index in [-0.39, 0.29) is 11.4 Å². The fourth-order valence-electron chi connectivity index (χ4n) is 2.33. The molecule has 0 fully saturated rings. The second-order valence-electron chi connectivity index (χ2n) is 6.88. The van der Waals surface area contributed by atoms with Gasteiger partial charge in [-0.1, -0.05) is 12.1 Å². The van der Waals surface area contributed by atoms with Gasteiger partial charge in [0.15, 0.2) is 5.11 Å². The molecule has 130 valence electrons. The third kappa shape index (κ3) is 6.28. The number of thiocarbonyl (C=S) groups is 1. The monoisotopic (exact) mass is 348 g/mol. The van der Waals surface area contributed by atoms with Crippen molar-refractivity contribution in [3.8, 4) is 0 Å². The van der Waals surface area contributed by atoms with Gasteiger partial charge in [-0.15, -0.1) is 0 Å². The highest BCUT2D eigenvalue weighted by Gasteiger charge is 2.16. The van der Waals surface area contributed by atoms with E-state index in [1.165, 1.54) is 12.1 Å². The topological polar surface area (TPSA) is 33.1 Å². The normalized spacial score (nSPS) is 11.3. The van der Waals surface area contributed by atoms with Gasteiger partial charge in [0, 0.05) is 37.6 Å². The minimum atomic E-state index is -0.221. The number of halogens is 1. The van der Waals surface area contributed by atoms with Gasteiger partial charge in [0.05, 0.1) is 6.33 Å². The van der Waals surface area contributed by atoms with Gasteiger partial charge < -0.3 is 14.8 Å². The minimum Gasteiger partial charge on any atom is -0.358 e. The summed E-state index contributed by atoms with van der Waals surface area (Å²) in [7, 11) is 0. The second-order valence-corrected chi connectivity index (χ2v) is 7.27. The van der Waals surface area contributed by atoms with E-state index in [1.54, 1.807) is 18.3 Å². The maximum atomic E-state index is 13.1. The summed E-state index contributed by atoms with van der Waals surface area (Å²) in [6.07, 6.45) is 6.50. The molecule has 0 bridgehead atoms. The van der Waals surface area contributed by atoms with E-state index >= 15 is 0 Å². The van der Waals surface area contributed by atoms with Crippen molar-refractivity contribution in [2.24, 2.45) is 0 Å². The van der Waals surface area contributed by atoms with Crippen LogP contribution >= 0.6 is 12.2 Å². The van der Waals surface area contributed by atoms with Crippen molar-refractivity contribution in [2.45, 2.75) is 45.8 Å². The number of imidazole rings is 1. The number of benzene rings is 1. The van der Waals surface area contributed by atoms with E-state index in [1.807, 2.05) is 12.5 Å². The number of nitrogens with one attached hydrogen (secondary N) is 1. The van der Waals surface area contributed by atoms with Gasteiger partial charge in [-0.25, -0.2) is 9.37 Å². The molecule has 0 aliphatic heterocycles.